The number of hydrogen-bond acceptors (Lipinski definition) is 5. The number of amides is 1. The molecule has 1 aromatic heterocycles. The number of rotatable bonds is 3. The Hall–Kier alpha value is -1.85. The predicted molar refractivity (Wildman–Crippen MR) is 87.1 cm³/mol. The van der Waals surface area contributed by atoms with Crippen LogP contribution in [0.4, 0.5) is 11.6 Å². The van der Waals surface area contributed by atoms with Crippen molar-refractivity contribution in [1.82, 2.24) is 14.9 Å². The van der Waals surface area contributed by atoms with Crippen LogP contribution in [-0.2, 0) is 4.79 Å². The number of anilines is 2. The maximum absolute atomic E-state index is 12.4. The van der Waals surface area contributed by atoms with E-state index in [2.05, 4.69) is 19.8 Å². The van der Waals surface area contributed by atoms with Crippen LogP contribution < -0.4 is 9.80 Å². The Morgan fingerprint density at radius 3 is 2.55 bits per heavy atom. The van der Waals surface area contributed by atoms with Gasteiger partial charge < -0.3 is 14.7 Å². The van der Waals surface area contributed by atoms with E-state index in [9.17, 15) is 4.79 Å². The average molecular weight is 303 g/mol. The van der Waals surface area contributed by atoms with Crippen molar-refractivity contribution in [3.63, 3.8) is 0 Å². The van der Waals surface area contributed by atoms with Crippen molar-refractivity contribution in [2.24, 2.45) is 5.92 Å². The summed E-state index contributed by atoms with van der Waals surface area (Å²) in [5.41, 5.74) is 0. The minimum atomic E-state index is 0.292. The first-order valence-electron chi connectivity index (χ1n) is 8.19. The summed E-state index contributed by atoms with van der Waals surface area (Å²) < 4.78 is 0. The summed E-state index contributed by atoms with van der Waals surface area (Å²) in [6, 6.07) is 0. The van der Waals surface area contributed by atoms with Gasteiger partial charge in [0.05, 0.1) is 0 Å². The molecule has 6 nitrogen and oxygen atoms in total. The van der Waals surface area contributed by atoms with E-state index >= 15 is 0 Å². The van der Waals surface area contributed by atoms with Gasteiger partial charge in [-0.1, -0.05) is 6.42 Å². The molecule has 3 rings (SSSR count). The normalized spacial score (nSPS) is 19.5. The zero-order valence-electron chi connectivity index (χ0n) is 13.5. The van der Waals surface area contributed by atoms with Crippen LogP contribution in [-0.4, -0.2) is 61.0 Å². The number of nitrogens with zero attached hydrogens (tertiary/aromatic N) is 5. The van der Waals surface area contributed by atoms with Gasteiger partial charge in [0.15, 0.2) is 11.6 Å². The smallest absolute Gasteiger partial charge is 0.225 e. The Labute approximate surface area is 132 Å². The molecular formula is C16H25N5O. The SMILES string of the molecule is CN(C)c1nccnc1N1CCCN(C(=O)C2CCC2)CC1. The fourth-order valence-corrected chi connectivity index (χ4v) is 3.12. The standard InChI is InChI=1S/C16H25N5O/c1-19(2)14-15(18-8-7-17-14)20-9-4-10-21(12-11-20)16(22)13-5-3-6-13/h7-8,13H,3-6,9-12H2,1-2H3. The molecule has 2 aliphatic rings. The van der Waals surface area contributed by atoms with Crippen molar-refractivity contribution in [1.29, 1.82) is 0 Å². The highest BCUT2D eigenvalue weighted by atomic mass is 16.2. The van der Waals surface area contributed by atoms with Crippen molar-refractivity contribution >= 4 is 17.5 Å². The minimum Gasteiger partial charge on any atom is -0.360 e. The van der Waals surface area contributed by atoms with E-state index in [-0.39, 0.29) is 0 Å². The highest BCUT2D eigenvalue weighted by Crippen LogP contribution is 2.29. The third kappa shape index (κ3) is 3.00. The van der Waals surface area contributed by atoms with Gasteiger partial charge in [-0.2, -0.15) is 0 Å². The predicted octanol–water partition coefficient (Wildman–Crippen LogP) is 1.38. The fraction of sp³-hybridized carbons (Fsp3) is 0.688. The summed E-state index contributed by atoms with van der Waals surface area (Å²) >= 11 is 0. The molecule has 22 heavy (non-hydrogen) atoms. The molecule has 0 spiro atoms. The second kappa shape index (κ2) is 6.50. The summed E-state index contributed by atoms with van der Waals surface area (Å²) in [6.07, 6.45) is 7.82. The summed E-state index contributed by atoms with van der Waals surface area (Å²) in [5.74, 6) is 2.46. The van der Waals surface area contributed by atoms with Gasteiger partial charge in [0.25, 0.3) is 0 Å². The van der Waals surface area contributed by atoms with Gasteiger partial charge in [0.2, 0.25) is 5.91 Å². The van der Waals surface area contributed by atoms with Gasteiger partial charge >= 0.3 is 0 Å². The molecule has 1 saturated carbocycles. The highest BCUT2D eigenvalue weighted by molar-refractivity contribution is 5.79. The largest absolute Gasteiger partial charge is 0.360 e. The van der Waals surface area contributed by atoms with Crippen LogP contribution in [0, 0.1) is 5.92 Å². The van der Waals surface area contributed by atoms with Gasteiger partial charge in [0, 0.05) is 58.6 Å². The first-order chi connectivity index (χ1) is 10.7. The van der Waals surface area contributed by atoms with Crippen LogP contribution in [0.2, 0.25) is 0 Å². The van der Waals surface area contributed by atoms with Crippen molar-refractivity contribution in [3.05, 3.63) is 12.4 Å². The maximum Gasteiger partial charge on any atom is 0.225 e. The number of carbonyl (C=O) groups is 1. The lowest BCUT2D eigenvalue weighted by atomic mass is 9.84. The summed E-state index contributed by atoms with van der Waals surface area (Å²) in [5, 5.41) is 0. The van der Waals surface area contributed by atoms with E-state index in [0.29, 0.717) is 11.8 Å². The molecule has 6 heteroatoms. The van der Waals surface area contributed by atoms with Gasteiger partial charge in [0.1, 0.15) is 0 Å². The van der Waals surface area contributed by atoms with Crippen molar-refractivity contribution in [2.75, 3.05) is 50.1 Å². The molecule has 1 aliphatic carbocycles. The Morgan fingerprint density at radius 2 is 1.86 bits per heavy atom. The molecule has 1 aromatic rings. The Kier molecular flexibility index (Phi) is 4.45. The lowest BCUT2D eigenvalue weighted by Crippen LogP contribution is -2.41. The third-order valence-corrected chi connectivity index (χ3v) is 4.65. The number of hydrogen-bond donors (Lipinski definition) is 0. The molecule has 2 heterocycles. The number of carbonyl (C=O) groups excluding carboxylic acids is 1. The molecule has 0 N–H and O–H groups in total. The molecule has 1 saturated heterocycles. The highest BCUT2D eigenvalue weighted by Gasteiger charge is 2.30. The molecule has 0 aromatic carbocycles. The molecule has 1 amide bonds. The first kappa shape index (κ1) is 15.1. The lowest BCUT2D eigenvalue weighted by Gasteiger charge is -2.31. The van der Waals surface area contributed by atoms with Crippen molar-refractivity contribution < 1.29 is 4.79 Å². The molecule has 1 aliphatic heterocycles. The minimum absolute atomic E-state index is 0.292. The zero-order chi connectivity index (χ0) is 15.5. The third-order valence-electron chi connectivity index (χ3n) is 4.65. The summed E-state index contributed by atoms with van der Waals surface area (Å²) in [4.78, 5) is 27.7. The molecule has 0 radical (unpaired) electrons. The van der Waals surface area contributed by atoms with Gasteiger partial charge in [-0.05, 0) is 19.3 Å². The van der Waals surface area contributed by atoms with E-state index in [4.69, 9.17) is 0 Å². The number of aromatic nitrogens is 2. The van der Waals surface area contributed by atoms with Crippen LogP contribution in [0.25, 0.3) is 0 Å². The topological polar surface area (TPSA) is 52.6 Å². The van der Waals surface area contributed by atoms with Crippen LogP contribution >= 0.6 is 0 Å². The van der Waals surface area contributed by atoms with E-state index in [1.54, 1.807) is 12.4 Å². The van der Waals surface area contributed by atoms with Crippen molar-refractivity contribution in [3.8, 4) is 0 Å². The van der Waals surface area contributed by atoms with E-state index in [1.807, 2.05) is 19.0 Å². The van der Waals surface area contributed by atoms with Crippen molar-refractivity contribution in [2.45, 2.75) is 25.7 Å². The van der Waals surface area contributed by atoms with Crippen LogP contribution in [0.5, 0.6) is 0 Å². The molecule has 0 bridgehead atoms. The quantitative estimate of drug-likeness (QED) is 0.844. The maximum atomic E-state index is 12.4. The van der Waals surface area contributed by atoms with Gasteiger partial charge in [-0.25, -0.2) is 9.97 Å². The van der Waals surface area contributed by atoms with Gasteiger partial charge in [-0.3, -0.25) is 4.79 Å². The molecule has 120 valence electrons. The van der Waals surface area contributed by atoms with E-state index < -0.39 is 0 Å². The Balaban J connectivity index is 1.69. The first-order valence-corrected chi connectivity index (χ1v) is 8.19. The lowest BCUT2D eigenvalue weighted by molar-refractivity contribution is -0.137. The monoisotopic (exact) mass is 303 g/mol. The fourth-order valence-electron chi connectivity index (χ4n) is 3.12. The second-order valence-electron chi connectivity index (χ2n) is 6.39. The van der Waals surface area contributed by atoms with Crippen LogP contribution in [0.15, 0.2) is 12.4 Å². The van der Waals surface area contributed by atoms with Crippen LogP contribution in [0.3, 0.4) is 0 Å². The Morgan fingerprint density at radius 1 is 1.09 bits per heavy atom. The van der Waals surface area contributed by atoms with Gasteiger partial charge in [-0.15, -0.1) is 0 Å². The Bertz CT molecular complexity index is 529. The van der Waals surface area contributed by atoms with E-state index in [0.717, 1.165) is 57.1 Å². The zero-order valence-corrected chi connectivity index (χ0v) is 13.5. The molecule has 0 unspecified atom stereocenters. The summed E-state index contributed by atoms with van der Waals surface area (Å²) in [6.45, 7) is 3.41. The van der Waals surface area contributed by atoms with E-state index in [1.165, 1.54) is 6.42 Å². The molecule has 0 atom stereocenters. The second-order valence-corrected chi connectivity index (χ2v) is 6.39. The molecule has 2 fully saturated rings. The van der Waals surface area contributed by atoms with Crippen LogP contribution in [0.1, 0.15) is 25.7 Å². The summed E-state index contributed by atoms with van der Waals surface area (Å²) in [7, 11) is 3.97. The molecular weight excluding hydrogens is 278 g/mol. The average Bonchev–Trinajstić information content (AvgIpc) is 2.71.